The lowest BCUT2D eigenvalue weighted by molar-refractivity contribution is 0.637. The third-order valence-corrected chi connectivity index (χ3v) is 3.64. The highest BCUT2D eigenvalue weighted by atomic mass is 15.2. The van der Waals surface area contributed by atoms with Crippen LogP contribution in [0, 0.1) is 6.92 Å². The molecule has 0 aliphatic carbocycles. The highest BCUT2D eigenvalue weighted by molar-refractivity contribution is 5.57. The molecular formula is C13H22N4. The fourth-order valence-electron chi connectivity index (χ4n) is 2.55. The molecule has 0 radical (unpaired) electrons. The Labute approximate surface area is 103 Å². The fourth-order valence-corrected chi connectivity index (χ4v) is 2.55. The van der Waals surface area contributed by atoms with Gasteiger partial charge < -0.3 is 10.6 Å². The summed E-state index contributed by atoms with van der Waals surface area (Å²) in [5.74, 6) is 2.54. The monoisotopic (exact) mass is 234 g/mol. The second-order valence-corrected chi connectivity index (χ2v) is 4.72. The Bertz CT molecular complexity index is 403. The number of nitrogen functional groups attached to an aromatic ring is 1. The minimum Gasteiger partial charge on any atom is -0.383 e. The topological polar surface area (TPSA) is 55.0 Å². The zero-order chi connectivity index (χ0) is 12.4. The van der Waals surface area contributed by atoms with Crippen molar-refractivity contribution >= 4 is 11.6 Å². The molecule has 1 atom stereocenters. The van der Waals surface area contributed by atoms with Crippen molar-refractivity contribution in [2.75, 3.05) is 17.2 Å². The molecular weight excluding hydrogens is 212 g/mol. The number of aromatic nitrogens is 2. The van der Waals surface area contributed by atoms with Gasteiger partial charge in [0.25, 0.3) is 0 Å². The van der Waals surface area contributed by atoms with E-state index in [9.17, 15) is 0 Å². The molecule has 2 rings (SSSR count). The third-order valence-electron chi connectivity index (χ3n) is 3.64. The van der Waals surface area contributed by atoms with E-state index in [1.807, 2.05) is 6.92 Å². The Kier molecular flexibility index (Phi) is 3.50. The Hall–Kier alpha value is -1.32. The van der Waals surface area contributed by atoms with Crippen molar-refractivity contribution < 1.29 is 0 Å². The molecule has 0 saturated carbocycles. The van der Waals surface area contributed by atoms with Crippen molar-refractivity contribution in [2.45, 2.75) is 52.5 Å². The summed E-state index contributed by atoms with van der Waals surface area (Å²) in [5.41, 5.74) is 7.00. The van der Waals surface area contributed by atoms with Crippen molar-refractivity contribution in [1.82, 2.24) is 9.97 Å². The first-order valence-electron chi connectivity index (χ1n) is 6.57. The SMILES string of the molecule is CCc1nc(N)c(C)c(N2CCCC2CC)n1. The quantitative estimate of drug-likeness (QED) is 0.872. The highest BCUT2D eigenvalue weighted by Crippen LogP contribution is 2.30. The van der Waals surface area contributed by atoms with Gasteiger partial charge >= 0.3 is 0 Å². The largest absolute Gasteiger partial charge is 0.383 e. The molecule has 1 fully saturated rings. The predicted octanol–water partition coefficient (Wildman–Crippen LogP) is 2.31. The molecule has 1 aromatic rings. The average Bonchev–Trinajstić information content (AvgIpc) is 2.80. The van der Waals surface area contributed by atoms with Gasteiger partial charge in [0, 0.05) is 24.6 Å². The molecule has 1 aliphatic heterocycles. The Balaban J connectivity index is 2.39. The van der Waals surface area contributed by atoms with Gasteiger partial charge in [0.15, 0.2) is 0 Å². The van der Waals surface area contributed by atoms with Crippen molar-refractivity contribution in [3.63, 3.8) is 0 Å². The van der Waals surface area contributed by atoms with E-state index in [1.54, 1.807) is 0 Å². The van der Waals surface area contributed by atoms with Crippen LogP contribution in [0.15, 0.2) is 0 Å². The van der Waals surface area contributed by atoms with Gasteiger partial charge in [-0.15, -0.1) is 0 Å². The lowest BCUT2D eigenvalue weighted by Crippen LogP contribution is -2.30. The van der Waals surface area contributed by atoms with Crippen LogP contribution in [0.25, 0.3) is 0 Å². The summed E-state index contributed by atoms with van der Waals surface area (Å²) in [6, 6.07) is 0.618. The number of nitrogens with two attached hydrogens (primary N) is 1. The fraction of sp³-hybridized carbons (Fsp3) is 0.692. The molecule has 0 bridgehead atoms. The first-order chi connectivity index (χ1) is 8.17. The van der Waals surface area contributed by atoms with Gasteiger partial charge in [0.2, 0.25) is 0 Å². The van der Waals surface area contributed by atoms with E-state index in [-0.39, 0.29) is 0 Å². The normalized spacial score (nSPS) is 19.9. The van der Waals surface area contributed by atoms with Crippen LogP contribution in [0.4, 0.5) is 11.6 Å². The zero-order valence-electron chi connectivity index (χ0n) is 11.0. The van der Waals surface area contributed by atoms with Crippen molar-refractivity contribution in [2.24, 2.45) is 0 Å². The summed E-state index contributed by atoms with van der Waals surface area (Å²) >= 11 is 0. The summed E-state index contributed by atoms with van der Waals surface area (Å²) < 4.78 is 0. The van der Waals surface area contributed by atoms with Crippen molar-refractivity contribution in [3.8, 4) is 0 Å². The van der Waals surface area contributed by atoms with Gasteiger partial charge in [-0.3, -0.25) is 0 Å². The summed E-state index contributed by atoms with van der Waals surface area (Å²) in [6.45, 7) is 7.42. The minimum atomic E-state index is 0.618. The molecule has 2 heterocycles. The van der Waals surface area contributed by atoms with Gasteiger partial charge in [-0.05, 0) is 26.2 Å². The molecule has 1 aliphatic rings. The standard InChI is InChI=1S/C13H22N4/c1-4-10-7-6-8-17(10)13-9(3)12(14)15-11(5-2)16-13/h10H,4-8H2,1-3H3,(H2,14,15,16). The highest BCUT2D eigenvalue weighted by Gasteiger charge is 2.26. The number of anilines is 2. The van der Waals surface area contributed by atoms with Gasteiger partial charge in [-0.25, -0.2) is 9.97 Å². The maximum Gasteiger partial charge on any atom is 0.137 e. The van der Waals surface area contributed by atoms with Crippen molar-refractivity contribution in [1.29, 1.82) is 0 Å². The molecule has 4 heteroatoms. The zero-order valence-corrected chi connectivity index (χ0v) is 11.0. The van der Waals surface area contributed by atoms with E-state index in [2.05, 4.69) is 28.7 Å². The Morgan fingerprint density at radius 1 is 1.35 bits per heavy atom. The van der Waals surface area contributed by atoms with Gasteiger partial charge in [-0.1, -0.05) is 13.8 Å². The van der Waals surface area contributed by atoms with Crippen LogP contribution in [0.3, 0.4) is 0 Å². The molecule has 0 aromatic carbocycles. The third kappa shape index (κ3) is 2.21. The molecule has 1 unspecified atom stereocenters. The molecule has 0 spiro atoms. The molecule has 0 amide bonds. The Morgan fingerprint density at radius 2 is 2.12 bits per heavy atom. The lowest BCUT2D eigenvalue weighted by Gasteiger charge is -2.26. The van der Waals surface area contributed by atoms with Gasteiger partial charge in [-0.2, -0.15) is 0 Å². The molecule has 4 nitrogen and oxygen atoms in total. The second-order valence-electron chi connectivity index (χ2n) is 4.72. The lowest BCUT2D eigenvalue weighted by atomic mass is 10.1. The summed E-state index contributed by atoms with van der Waals surface area (Å²) in [5, 5.41) is 0. The van der Waals surface area contributed by atoms with Crippen LogP contribution >= 0.6 is 0 Å². The molecule has 94 valence electrons. The Morgan fingerprint density at radius 3 is 2.76 bits per heavy atom. The van der Waals surface area contributed by atoms with E-state index in [0.717, 1.165) is 30.2 Å². The molecule has 1 saturated heterocycles. The number of nitrogens with zero attached hydrogens (tertiary/aromatic N) is 3. The van der Waals surface area contributed by atoms with E-state index in [1.165, 1.54) is 19.3 Å². The minimum absolute atomic E-state index is 0.618. The first-order valence-corrected chi connectivity index (χ1v) is 6.57. The second kappa shape index (κ2) is 4.90. The number of aryl methyl sites for hydroxylation is 1. The molecule has 17 heavy (non-hydrogen) atoms. The van der Waals surface area contributed by atoms with Crippen LogP contribution in [0.2, 0.25) is 0 Å². The predicted molar refractivity (Wildman–Crippen MR) is 71.2 cm³/mol. The van der Waals surface area contributed by atoms with E-state index >= 15 is 0 Å². The first kappa shape index (κ1) is 12.1. The summed E-state index contributed by atoms with van der Waals surface area (Å²) in [6.07, 6.45) is 4.53. The maximum absolute atomic E-state index is 5.97. The van der Waals surface area contributed by atoms with Crippen LogP contribution in [0.5, 0.6) is 0 Å². The molecule has 2 N–H and O–H groups in total. The van der Waals surface area contributed by atoms with Crippen LogP contribution in [-0.2, 0) is 6.42 Å². The van der Waals surface area contributed by atoms with Crippen molar-refractivity contribution in [3.05, 3.63) is 11.4 Å². The summed E-state index contributed by atoms with van der Waals surface area (Å²) in [7, 11) is 0. The molecule has 1 aromatic heterocycles. The van der Waals surface area contributed by atoms with Crippen LogP contribution < -0.4 is 10.6 Å². The van der Waals surface area contributed by atoms with Gasteiger partial charge in [0.05, 0.1) is 0 Å². The van der Waals surface area contributed by atoms with Crippen LogP contribution in [-0.4, -0.2) is 22.6 Å². The van der Waals surface area contributed by atoms with E-state index in [4.69, 9.17) is 5.73 Å². The van der Waals surface area contributed by atoms with Gasteiger partial charge in [0.1, 0.15) is 17.5 Å². The number of hydrogen-bond donors (Lipinski definition) is 1. The van der Waals surface area contributed by atoms with Crippen LogP contribution in [0.1, 0.15) is 44.5 Å². The summed E-state index contributed by atoms with van der Waals surface area (Å²) in [4.78, 5) is 11.4. The van der Waals surface area contributed by atoms with E-state index < -0.39 is 0 Å². The van der Waals surface area contributed by atoms with E-state index in [0.29, 0.717) is 11.9 Å². The maximum atomic E-state index is 5.97. The smallest absolute Gasteiger partial charge is 0.137 e. The average molecular weight is 234 g/mol. The number of rotatable bonds is 3. The number of hydrogen-bond acceptors (Lipinski definition) is 4.